The zero-order valence-corrected chi connectivity index (χ0v) is 21.4. The second-order valence-electron chi connectivity index (χ2n) is 7.78. The van der Waals surface area contributed by atoms with Crippen LogP contribution in [0.15, 0.2) is 42.5 Å². The largest absolute Gasteiger partial charge is 0.493 e. The third-order valence-corrected chi connectivity index (χ3v) is 6.48. The van der Waals surface area contributed by atoms with Crippen molar-refractivity contribution >= 4 is 27.5 Å². The highest BCUT2D eigenvalue weighted by Gasteiger charge is 2.31. The molecule has 0 radical (unpaired) electrons. The molecular formula is C24H32FN3O6S. The van der Waals surface area contributed by atoms with Gasteiger partial charge in [-0.05, 0) is 43.2 Å². The Kier molecular flexibility index (Phi) is 9.88. The van der Waals surface area contributed by atoms with E-state index in [9.17, 15) is 22.4 Å². The van der Waals surface area contributed by atoms with Crippen molar-refractivity contribution in [1.82, 2.24) is 10.2 Å². The smallest absolute Gasteiger partial charge is 0.244 e. The lowest BCUT2D eigenvalue weighted by Gasteiger charge is -2.32. The number of hydrogen-bond donors (Lipinski definition) is 1. The molecule has 0 spiro atoms. The number of benzene rings is 2. The summed E-state index contributed by atoms with van der Waals surface area (Å²) >= 11 is 0. The van der Waals surface area contributed by atoms with E-state index in [0.717, 1.165) is 10.6 Å². The van der Waals surface area contributed by atoms with Crippen molar-refractivity contribution < 1.29 is 31.9 Å². The van der Waals surface area contributed by atoms with Crippen LogP contribution in [-0.4, -0.2) is 64.7 Å². The predicted molar refractivity (Wildman–Crippen MR) is 131 cm³/mol. The number of amides is 2. The Hall–Kier alpha value is -3.34. The summed E-state index contributed by atoms with van der Waals surface area (Å²) in [6.45, 7) is 3.34. The molecule has 0 heterocycles. The Morgan fingerprint density at radius 2 is 1.66 bits per heavy atom. The number of anilines is 1. The molecule has 2 aromatic rings. The lowest BCUT2D eigenvalue weighted by molar-refractivity contribution is -0.140. The topological polar surface area (TPSA) is 105 Å². The van der Waals surface area contributed by atoms with Crippen LogP contribution in [0, 0.1) is 5.82 Å². The van der Waals surface area contributed by atoms with E-state index < -0.39 is 34.3 Å². The van der Waals surface area contributed by atoms with E-state index in [1.165, 1.54) is 61.6 Å². The molecule has 1 unspecified atom stereocenters. The van der Waals surface area contributed by atoms with Gasteiger partial charge in [-0.2, -0.15) is 0 Å². The van der Waals surface area contributed by atoms with Crippen molar-refractivity contribution in [2.24, 2.45) is 0 Å². The highest BCUT2D eigenvalue weighted by Crippen LogP contribution is 2.32. The molecule has 0 aliphatic rings. The number of rotatable bonds is 12. The van der Waals surface area contributed by atoms with E-state index in [1.54, 1.807) is 13.8 Å². The predicted octanol–water partition coefficient (Wildman–Crippen LogP) is 2.55. The quantitative estimate of drug-likeness (QED) is 0.472. The van der Waals surface area contributed by atoms with Crippen molar-refractivity contribution in [3.05, 3.63) is 53.8 Å². The fourth-order valence-corrected chi connectivity index (χ4v) is 4.43. The molecule has 2 aromatic carbocycles. The molecule has 2 amide bonds. The number of nitrogens with zero attached hydrogens (tertiary/aromatic N) is 2. The van der Waals surface area contributed by atoms with Gasteiger partial charge in [-0.1, -0.05) is 19.1 Å². The number of methoxy groups -OCH3 is 2. The van der Waals surface area contributed by atoms with Gasteiger partial charge >= 0.3 is 0 Å². The highest BCUT2D eigenvalue weighted by molar-refractivity contribution is 7.92. The van der Waals surface area contributed by atoms with Gasteiger partial charge < -0.3 is 19.7 Å². The fourth-order valence-electron chi connectivity index (χ4n) is 3.59. The summed E-state index contributed by atoms with van der Waals surface area (Å²) < 4.78 is 50.2. The summed E-state index contributed by atoms with van der Waals surface area (Å²) in [6, 6.07) is 9.20. The van der Waals surface area contributed by atoms with E-state index >= 15 is 0 Å². The first-order chi connectivity index (χ1) is 16.5. The summed E-state index contributed by atoms with van der Waals surface area (Å²) in [4.78, 5) is 27.6. The second-order valence-corrected chi connectivity index (χ2v) is 9.68. The van der Waals surface area contributed by atoms with Crippen LogP contribution >= 0.6 is 0 Å². The molecule has 35 heavy (non-hydrogen) atoms. The van der Waals surface area contributed by atoms with Crippen LogP contribution in [0.25, 0.3) is 0 Å². The monoisotopic (exact) mass is 509 g/mol. The summed E-state index contributed by atoms with van der Waals surface area (Å²) in [7, 11) is -1.02. The van der Waals surface area contributed by atoms with Gasteiger partial charge in [0.25, 0.3) is 0 Å². The van der Waals surface area contributed by atoms with E-state index in [1.807, 2.05) is 0 Å². The molecule has 0 saturated carbocycles. The normalized spacial score (nSPS) is 11.9. The molecule has 0 saturated heterocycles. The fraction of sp³-hybridized carbons (Fsp3) is 0.417. The average Bonchev–Trinajstić information content (AvgIpc) is 2.82. The molecule has 1 atom stereocenters. The Bertz CT molecular complexity index is 1120. The number of nitrogens with one attached hydrogen (secondary N) is 1. The number of ether oxygens (including phenoxy) is 2. The first-order valence-electron chi connectivity index (χ1n) is 11.1. The van der Waals surface area contributed by atoms with Crippen molar-refractivity contribution in [2.75, 3.05) is 37.9 Å². The zero-order chi connectivity index (χ0) is 26.2. The average molecular weight is 510 g/mol. The molecule has 0 aliphatic carbocycles. The van der Waals surface area contributed by atoms with Crippen LogP contribution in [0.3, 0.4) is 0 Å². The molecule has 0 aliphatic heterocycles. The number of carbonyl (C=O) groups is 2. The summed E-state index contributed by atoms with van der Waals surface area (Å²) in [5.74, 6) is -0.687. The van der Waals surface area contributed by atoms with Crippen LogP contribution in [0.2, 0.25) is 0 Å². The molecule has 0 bridgehead atoms. The molecule has 0 aromatic heterocycles. The van der Waals surface area contributed by atoms with Gasteiger partial charge in [-0.3, -0.25) is 13.9 Å². The Balaban J connectivity index is 2.46. The van der Waals surface area contributed by atoms with Crippen LogP contribution in [0.4, 0.5) is 10.1 Å². The van der Waals surface area contributed by atoms with Gasteiger partial charge in [0.2, 0.25) is 21.8 Å². The third-order valence-electron chi connectivity index (χ3n) is 5.34. The van der Waals surface area contributed by atoms with Crippen molar-refractivity contribution in [1.29, 1.82) is 0 Å². The Morgan fingerprint density at radius 1 is 1.03 bits per heavy atom. The van der Waals surface area contributed by atoms with E-state index in [4.69, 9.17) is 9.47 Å². The number of halogens is 1. The molecular weight excluding hydrogens is 477 g/mol. The van der Waals surface area contributed by atoms with Crippen LogP contribution < -0.4 is 19.1 Å². The van der Waals surface area contributed by atoms with Crippen LogP contribution in [-0.2, 0) is 26.2 Å². The van der Waals surface area contributed by atoms with E-state index in [-0.39, 0.29) is 18.1 Å². The molecule has 1 N–H and O–H groups in total. The minimum absolute atomic E-state index is 0.00170. The number of hydrogen-bond acceptors (Lipinski definition) is 6. The van der Waals surface area contributed by atoms with Crippen LogP contribution in [0.5, 0.6) is 11.5 Å². The van der Waals surface area contributed by atoms with Gasteiger partial charge in [0, 0.05) is 19.2 Å². The number of likely N-dealkylation sites (N-methyl/N-ethyl adjacent to an activating group) is 1. The summed E-state index contributed by atoms with van der Waals surface area (Å²) in [5.41, 5.74) is 0.797. The number of carbonyl (C=O) groups excluding carboxylic acids is 2. The molecule has 0 fully saturated rings. The van der Waals surface area contributed by atoms with E-state index in [0.29, 0.717) is 30.0 Å². The second kappa shape index (κ2) is 12.4. The Morgan fingerprint density at radius 3 is 2.17 bits per heavy atom. The van der Waals surface area contributed by atoms with Gasteiger partial charge in [0.05, 0.1) is 26.2 Å². The van der Waals surface area contributed by atoms with Gasteiger partial charge in [-0.25, -0.2) is 12.8 Å². The van der Waals surface area contributed by atoms with Crippen molar-refractivity contribution in [3.8, 4) is 11.5 Å². The zero-order valence-electron chi connectivity index (χ0n) is 20.6. The van der Waals surface area contributed by atoms with Gasteiger partial charge in [-0.15, -0.1) is 0 Å². The van der Waals surface area contributed by atoms with Crippen molar-refractivity contribution in [3.63, 3.8) is 0 Å². The van der Waals surface area contributed by atoms with Crippen LogP contribution in [0.1, 0.15) is 25.8 Å². The maximum atomic E-state index is 13.5. The third kappa shape index (κ3) is 7.32. The molecule has 192 valence electrons. The lowest BCUT2D eigenvalue weighted by Crippen LogP contribution is -2.52. The first kappa shape index (κ1) is 27.9. The molecule has 2 rings (SSSR count). The maximum absolute atomic E-state index is 13.5. The highest BCUT2D eigenvalue weighted by atomic mass is 32.2. The van der Waals surface area contributed by atoms with Gasteiger partial charge in [0.15, 0.2) is 11.5 Å². The molecule has 11 heteroatoms. The first-order valence-corrected chi connectivity index (χ1v) is 12.9. The number of sulfonamides is 1. The van der Waals surface area contributed by atoms with E-state index in [2.05, 4.69) is 5.32 Å². The summed E-state index contributed by atoms with van der Waals surface area (Å²) in [6.07, 6.45) is 1.29. The van der Waals surface area contributed by atoms with Crippen molar-refractivity contribution in [2.45, 2.75) is 32.9 Å². The maximum Gasteiger partial charge on any atom is 0.244 e. The Labute approximate surface area is 205 Å². The summed E-state index contributed by atoms with van der Waals surface area (Å²) in [5, 5.41) is 2.71. The minimum atomic E-state index is -3.89. The minimum Gasteiger partial charge on any atom is -0.493 e. The SMILES string of the molecule is CCNC(=O)C(CC)N(Cc1ccc(F)cc1)C(=O)CN(c1ccc(OC)c(OC)c1)S(C)(=O)=O. The van der Waals surface area contributed by atoms with Gasteiger partial charge in [0.1, 0.15) is 18.4 Å². The standard InChI is InChI=1S/C24H32FN3O6S/c1-6-20(24(30)26-7-2)27(15-17-8-10-18(25)11-9-17)23(29)16-28(35(5,31)32)19-12-13-21(33-3)22(14-19)34-4/h8-14,20H,6-7,15-16H2,1-5H3,(H,26,30). The molecule has 9 nitrogen and oxygen atoms in total. The lowest BCUT2D eigenvalue weighted by atomic mass is 10.1.